The molecule has 0 atom stereocenters. The summed E-state index contributed by atoms with van der Waals surface area (Å²) >= 11 is 0. The van der Waals surface area contributed by atoms with Crippen LogP contribution < -0.4 is 34.0 Å². The largest absolute Gasteiger partial charge is 4.00 e. The van der Waals surface area contributed by atoms with Crippen LogP contribution in [0.3, 0.4) is 0 Å². The Kier molecular flexibility index (Phi) is 18.3. The number of hydrogen-bond acceptors (Lipinski definition) is 0. The van der Waals surface area contributed by atoms with Crippen molar-refractivity contribution in [3.8, 4) is 0 Å². The molecule has 0 aliphatic heterocycles. The maximum atomic E-state index is 2.26. The number of hydrogen-bond donors (Lipinski definition) is 0. The monoisotopic (exact) mass is 518 g/mol. The molecule has 0 aromatic heterocycles. The van der Waals surface area contributed by atoms with Crippen LogP contribution in [0, 0.1) is 25.7 Å². The zero-order chi connectivity index (χ0) is 15.1. The van der Waals surface area contributed by atoms with Crippen molar-refractivity contribution < 1.29 is 60.2 Å². The van der Waals surface area contributed by atoms with Crippen LogP contribution in [0.2, 0.25) is 0 Å². The molecule has 23 heavy (non-hydrogen) atoms. The van der Waals surface area contributed by atoms with E-state index in [1.807, 2.05) is 0 Å². The van der Waals surface area contributed by atoms with Gasteiger partial charge in [-0.3, -0.25) is 0 Å². The Morgan fingerprint density at radius 1 is 0.739 bits per heavy atom. The van der Waals surface area contributed by atoms with Crippen LogP contribution >= 0.6 is 0 Å². The minimum atomic E-state index is 0. The molecule has 0 unspecified atom stereocenters. The molecule has 128 valence electrons. The third kappa shape index (κ3) is 11.7. The number of rotatable bonds is 4. The first-order valence-electron chi connectivity index (χ1n) is 7.82. The SMILES string of the molecule is Cc1ccc[c-]1CC(C)C.Cc1ccc[c-]1CC(C)C.[Br-].[Br-].[Zr+4]. The Balaban J connectivity index is -0.000000308. The summed E-state index contributed by atoms with van der Waals surface area (Å²) in [6, 6.07) is 13.1. The van der Waals surface area contributed by atoms with E-state index < -0.39 is 0 Å². The summed E-state index contributed by atoms with van der Waals surface area (Å²) in [5, 5.41) is 0. The summed E-state index contributed by atoms with van der Waals surface area (Å²) in [5.41, 5.74) is 5.90. The fourth-order valence-corrected chi connectivity index (χ4v) is 2.43. The maximum absolute atomic E-state index is 2.26. The van der Waals surface area contributed by atoms with Gasteiger partial charge >= 0.3 is 26.2 Å². The van der Waals surface area contributed by atoms with Crippen molar-refractivity contribution in [3.05, 3.63) is 58.7 Å². The van der Waals surface area contributed by atoms with Crippen molar-refractivity contribution in [3.63, 3.8) is 0 Å². The van der Waals surface area contributed by atoms with Crippen molar-refractivity contribution >= 4 is 0 Å². The van der Waals surface area contributed by atoms with Crippen molar-refractivity contribution in [1.82, 2.24) is 0 Å². The maximum Gasteiger partial charge on any atom is 4.00 e. The smallest absolute Gasteiger partial charge is 1.00 e. The predicted molar refractivity (Wildman–Crippen MR) is 90.6 cm³/mol. The summed E-state index contributed by atoms with van der Waals surface area (Å²) in [4.78, 5) is 0. The Bertz CT molecular complexity index is 449. The number of halogens is 2. The Morgan fingerprint density at radius 2 is 1.04 bits per heavy atom. The fraction of sp³-hybridized carbons (Fsp3) is 0.500. The van der Waals surface area contributed by atoms with Crippen LogP contribution in [-0.4, -0.2) is 0 Å². The van der Waals surface area contributed by atoms with E-state index in [9.17, 15) is 0 Å². The van der Waals surface area contributed by atoms with E-state index in [0.29, 0.717) is 0 Å². The van der Waals surface area contributed by atoms with Crippen molar-refractivity contribution in [1.29, 1.82) is 0 Å². The van der Waals surface area contributed by atoms with Gasteiger partial charge in [0.1, 0.15) is 0 Å². The van der Waals surface area contributed by atoms with E-state index in [1.165, 1.54) is 35.1 Å². The van der Waals surface area contributed by atoms with Gasteiger partial charge in [0, 0.05) is 0 Å². The van der Waals surface area contributed by atoms with Gasteiger partial charge in [-0.05, 0) is 0 Å². The third-order valence-corrected chi connectivity index (χ3v) is 3.56. The summed E-state index contributed by atoms with van der Waals surface area (Å²) in [5.74, 6) is 1.56. The first kappa shape index (κ1) is 28.4. The van der Waals surface area contributed by atoms with Crippen molar-refractivity contribution in [2.45, 2.75) is 54.4 Å². The molecular formula is C20H30Br2Zr. The molecule has 0 radical (unpaired) electrons. The molecule has 0 saturated heterocycles. The molecule has 0 heterocycles. The molecule has 0 nitrogen and oxygen atoms in total. The second-order valence-corrected chi connectivity index (χ2v) is 6.66. The molecule has 0 bridgehead atoms. The fourth-order valence-electron chi connectivity index (χ4n) is 2.43. The normalized spacial score (nSPS) is 9.39. The molecule has 2 aromatic carbocycles. The Morgan fingerprint density at radius 3 is 1.22 bits per heavy atom. The van der Waals surface area contributed by atoms with E-state index in [1.54, 1.807) is 0 Å². The Labute approximate surface area is 183 Å². The Hall–Kier alpha value is 0.543. The summed E-state index contributed by atoms with van der Waals surface area (Å²) < 4.78 is 0. The van der Waals surface area contributed by atoms with Crippen LogP contribution in [0.5, 0.6) is 0 Å². The first-order valence-corrected chi connectivity index (χ1v) is 7.82. The molecule has 0 aliphatic carbocycles. The first-order chi connectivity index (χ1) is 9.40. The van der Waals surface area contributed by atoms with Crippen LogP contribution in [0.1, 0.15) is 49.9 Å². The molecule has 0 fully saturated rings. The van der Waals surface area contributed by atoms with Gasteiger partial charge in [0.2, 0.25) is 0 Å². The van der Waals surface area contributed by atoms with E-state index in [-0.39, 0.29) is 60.2 Å². The predicted octanol–water partition coefficient (Wildman–Crippen LogP) is -0.170. The minimum absolute atomic E-state index is 0. The van der Waals surface area contributed by atoms with Crippen LogP contribution in [0.15, 0.2) is 36.4 Å². The summed E-state index contributed by atoms with van der Waals surface area (Å²) in [7, 11) is 0. The van der Waals surface area contributed by atoms with Gasteiger partial charge in [-0.2, -0.15) is 34.4 Å². The molecule has 2 aromatic rings. The molecule has 0 N–H and O–H groups in total. The van der Waals surface area contributed by atoms with E-state index in [2.05, 4.69) is 77.9 Å². The molecule has 3 heteroatoms. The summed E-state index contributed by atoms with van der Waals surface area (Å²) in [6.45, 7) is 13.4. The molecule has 0 spiro atoms. The topological polar surface area (TPSA) is 0 Å². The second kappa shape index (κ2) is 14.9. The van der Waals surface area contributed by atoms with Gasteiger partial charge in [-0.1, -0.05) is 66.2 Å². The molecule has 0 aliphatic rings. The van der Waals surface area contributed by atoms with Crippen molar-refractivity contribution in [2.24, 2.45) is 11.8 Å². The molecule has 0 saturated carbocycles. The summed E-state index contributed by atoms with van der Waals surface area (Å²) in [6.07, 6.45) is 2.44. The van der Waals surface area contributed by atoms with Crippen molar-refractivity contribution in [2.75, 3.05) is 0 Å². The second-order valence-electron chi connectivity index (χ2n) is 6.66. The van der Waals surface area contributed by atoms with E-state index >= 15 is 0 Å². The molecular weight excluding hydrogens is 491 g/mol. The van der Waals surface area contributed by atoms with Gasteiger partial charge in [0.25, 0.3) is 0 Å². The zero-order valence-electron chi connectivity index (χ0n) is 15.3. The molecule has 2 rings (SSSR count). The van der Waals surface area contributed by atoms with Gasteiger partial charge in [-0.15, -0.1) is 0 Å². The van der Waals surface area contributed by atoms with E-state index in [4.69, 9.17) is 0 Å². The van der Waals surface area contributed by atoms with Gasteiger partial charge < -0.3 is 34.0 Å². The average Bonchev–Trinajstić information content (AvgIpc) is 2.90. The average molecular weight is 521 g/mol. The number of aryl methyl sites for hydroxylation is 2. The quantitative estimate of drug-likeness (QED) is 0.491. The van der Waals surface area contributed by atoms with Gasteiger partial charge in [0.05, 0.1) is 0 Å². The molecule has 0 amide bonds. The third-order valence-electron chi connectivity index (χ3n) is 3.56. The van der Waals surface area contributed by atoms with Gasteiger partial charge in [0.15, 0.2) is 0 Å². The zero-order valence-corrected chi connectivity index (χ0v) is 20.9. The van der Waals surface area contributed by atoms with Crippen LogP contribution in [-0.2, 0) is 39.0 Å². The van der Waals surface area contributed by atoms with E-state index in [0.717, 1.165) is 11.8 Å². The standard InChI is InChI=1S/2C10H15.2BrH.Zr/c2*1-8(2)7-10-6-4-5-9(10)3;;;/h2*4-6,8H,7H2,1-3H3;2*1H;/q2*-1;;;+4/p-2. The van der Waals surface area contributed by atoms with Gasteiger partial charge in [-0.25, -0.2) is 24.3 Å². The van der Waals surface area contributed by atoms with Crippen LogP contribution in [0.4, 0.5) is 0 Å². The van der Waals surface area contributed by atoms with Crippen LogP contribution in [0.25, 0.3) is 0 Å². The minimum Gasteiger partial charge on any atom is -1.00 e.